The fourth-order valence-corrected chi connectivity index (χ4v) is 18.7. The number of rotatable bonds is 12. The highest BCUT2D eigenvalue weighted by atomic mass is 31.1. The Morgan fingerprint density at radius 3 is 0.500 bits per heavy atom. The zero-order valence-corrected chi connectivity index (χ0v) is 39.0. The highest BCUT2D eigenvalue weighted by Gasteiger charge is 2.37. The molecule has 0 atom stereocenters. The normalized spacial score (nSPS) is 12.0. The van der Waals surface area contributed by atoms with Gasteiger partial charge in [0.25, 0.3) is 0 Å². The van der Waals surface area contributed by atoms with Crippen LogP contribution in [0.5, 0.6) is 0 Å². The summed E-state index contributed by atoms with van der Waals surface area (Å²) < 4.78 is 0. The lowest BCUT2D eigenvalue weighted by atomic mass is 9.99. The molecule has 0 aliphatic heterocycles. The number of hydrogen-bond donors (Lipinski definition) is 0. The quantitative estimate of drug-likeness (QED) is 0.108. The topological polar surface area (TPSA) is 0 Å². The van der Waals surface area contributed by atoms with Gasteiger partial charge >= 0.3 is 0 Å². The van der Waals surface area contributed by atoms with Gasteiger partial charge in [-0.05, 0) is 163 Å². The number of aryl methyl sites for hydroxylation is 12. The lowest BCUT2D eigenvalue weighted by molar-refractivity contribution is 0.497. The summed E-state index contributed by atoms with van der Waals surface area (Å²) in [6, 6.07) is 44.1. The Balaban J connectivity index is 1.62. The van der Waals surface area contributed by atoms with E-state index in [1.54, 1.807) is 0 Å². The second kappa shape index (κ2) is 17.6. The van der Waals surface area contributed by atoms with E-state index in [1.165, 1.54) is 98.6 Å². The first kappa shape index (κ1) is 42.2. The van der Waals surface area contributed by atoms with E-state index in [1.807, 2.05) is 0 Å². The van der Waals surface area contributed by atoms with Gasteiger partial charge in [-0.3, -0.25) is 0 Å². The van der Waals surface area contributed by atoms with Crippen LogP contribution in [0.1, 0.15) is 73.7 Å². The van der Waals surface area contributed by atoms with E-state index in [-0.39, 0.29) is 5.41 Å². The summed E-state index contributed by atoms with van der Waals surface area (Å²) in [5.74, 6) is 0. The fraction of sp³-hybridized carbons (Fsp3) is 0.321. The molecule has 0 heterocycles. The van der Waals surface area contributed by atoms with Gasteiger partial charge in [-0.15, -0.1) is 0 Å². The average molecular weight is 793 g/mol. The Bertz CT molecular complexity index is 1830. The molecule has 290 valence electrons. The average Bonchev–Trinajstić information content (AvgIpc) is 3.06. The minimum absolute atomic E-state index is 0.00299. The highest BCUT2D eigenvalue weighted by molar-refractivity contribution is 7.75. The van der Waals surface area contributed by atoms with E-state index < -0.39 is 23.8 Å². The third-order valence-electron chi connectivity index (χ3n) is 10.7. The van der Waals surface area contributed by atoms with E-state index in [0.29, 0.717) is 0 Å². The van der Waals surface area contributed by atoms with Gasteiger partial charge in [0.1, 0.15) is 0 Å². The maximum atomic E-state index is 2.69. The predicted molar refractivity (Wildman–Crippen MR) is 257 cm³/mol. The summed E-state index contributed by atoms with van der Waals surface area (Å²) in [6.45, 7) is 30.1. The van der Waals surface area contributed by atoms with Crippen molar-refractivity contribution < 1.29 is 0 Å². The summed E-state index contributed by atoms with van der Waals surface area (Å²) >= 11 is 0. The molecule has 0 aliphatic carbocycles. The Morgan fingerprint density at radius 2 is 0.375 bits per heavy atom. The maximum Gasteiger partial charge on any atom is -0.0184 e. The number of hydrogen-bond acceptors (Lipinski definition) is 0. The van der Waals surface area contributed by atoms with Gasteiger partial charge < -0.3 is 0 Å². The molecule has 0 amide bonds. The van der Waals surface area contributed by atoms with E-state index in [9.17, 15) is 0 Å². The van der Waals surface area contributed by atoms with Gasteiger partial charge in [0.2, 0.25) is 0 Å². The molecule has 0 bridgehead atoms. The van der Waals surface area contributed by atoms with Crippen molar-refractivity contribution in [1.82, 2.24) is 0 Å². The fourth-order valence-electron chi connectivity index (χ4n) is 8.93. The van der Waals surface area contributed by atoms with E-state index in [2.05, 4.69) is 199 Å². The number of benzene rings is 6. The molecule has 0 nitrogen and oxygen atoms in total. The molecule has 0 N–H and O–H groups in total. The molecule has 0 fully saturated rings. The van der Waals surface area contributed by atoms with Crippen LogP contribution in [0.2, 0.25) is 0 Å². The zero-order chi connectivity index (χ0) is 40.5. The molecule has 0 unspecified atom stereocenters. The van der Waals surface area contributed by atoms with Crippen LogP contribution in [0.3, 0.4) is 0 Å². The zero-order valence-electron chi connectivity index (χ0n) is 36.4. The summed E-state index contributed by atoms with van der Waals surface area (Å²) in [5, 5.41) is 9.07. The monoisotopic (exact) mass is 792 g/mol. The van der Waals surface area contributed by atoms with E-state index in [4.69, 9.17) is 0 Å². The molecule has 56 heavy (non-hydrogen) atoms. The molecule has 0 aromatic heterocycles. The third-order valence-corrected chi connectivity index (χ3v) is 19.3. The van der Waals surface area contributed by atoms with Crippen LogP contribution >= 0.6 is 23.8 Å². The van der Waals surface area contributed by atoms with Crippen LogP contribution in [0, 0.1) is 88.5 Å². The van der Waals surface area contributed by atoms with Crippen LogP contribution in [-0.4, -0.2) is 18.5 Å². The Labute approximate surface area is 343 Å². The highest BCUT2D eigenvalue weighted by Crippen LogP contribution is 2.53. The molecule has 6 aromatic carbocycles. The van der Waals surface area contributed by atoms with Crippen LogP contribution in [-0.2, 0) is 0 Å². The molecule has 0 saturated heterocycles. The van der Waals surface area contributed by atoms with Crippen LogP contribution in [0.4, 0.5) is 0 Å². The minimum atomic E-state index is -0.670. The second-order valence-electron chi connectivity index (χ2n) is 17.6. The van der Waals surface area contributed by atoms with Gasteiger partial charge in [0, 0.05) is 0 Å². The Hall–Kier alpha value is -3.39. The van der Waals surface area contributed by atoms with Crippen LogP contribution in [0.25, 0.3) is 0 Å². The van der Waals surface area contributed by atoms with Gasteiger partial charge in [-0.25, -0.2) is 0 Å². The van der Waals surface area contributed by atoms with Gasteiger partial charge in [0.15, 0.2) is 0 Å². The summed E-state index contributed by atoms with van der Waals surface area (Å²) in [5.41, 5.74) is 16.3. The molecular formula is C53H63P3. The van der Waals surface area contributed by atoms with Crippen molar-refractivity contribution in [2.75, 3.05) is 18.5 Å². The second-order valence-corrected chi connectivity index (χ2v) is 24.3. The van der Waals surface area contributed by atoms with Crippen molar-refractivity contribution >= 4 is 55.6 Å². The van der Waals surface area contributed by atoms with Crippen molar-refractivity contribution in [3.05, 3.63) is 176 Å². The minimum Gasteiger partial charge on any atom is -0.0586 e. The molecule has 0 aliphatic rings. The van der Waals surface area contributed by atoms with Crippen molar-refractivity contribution in [3.63, 3.8) is 0 Å². The molecule has 0 radical (unpaired) electrons. The molecular weight excluding hydrogens is 730 g/mol. The predicted octanol–water partition coefficient (Wildman–Crippen LogP) is 12.1. The van der Waals surface area contributed by atoms with Crippen molar-refractivity contribution in [3.8, 4) is 0 Å². The van der Waals surface area contributed by atoms with Crippen LogP contribution < -0.4 is 31.8 Å². The summed E-state index contributed by atoms with van der Waals surface area (Å²) in [6.07, 6.45) is 3.41. The van der Waals surface area contributed by atoms with E-state index in [0.717, 1.165) is 18.5 Å². The third kappa shape index (κ3) is 10.8. The first-order chi connectivity index (χ1) is 26.4. The SMILES string of the molecule is Cc1cc(C)cc(P(CC(C)(CP(c2cc(C)cc(C)c2)c2cc(C)cc(C)c2)CP(c2cc(C)cc(C)c2)c2cc(C)cc(C)c2)c2cc(C)cc(C)c2)c1. The van der Waals surface area contributed by atoms with Gasteiger partial charge in [-0.1, -0.05) is 183 Å². The smallest absolute Gasteiger partial charge is 0.0184 e. The Kier molecular flexibility index (Phi) is 13.3. The maximum absolute atomic E-state index is 2.69. The lowest BCUT2D eigenvalue weighted by Crippen LogP contribution is -2.37. The lowest BCUT2D eigenvalue weighted by Gasteiger charge is -2.40. The van der Waals surface area contributed by atoms with Crippen molar-refractivity contribution in [1.29, 1.82) is 0 Å². The standard InChI is InChI=1S/C53H63P3/c1-35-14-36(2)21-47(20-35)54(48-22-37(3)15-38(4)23-48)32-53(13,33-55(49-24-39(5)16-40(6)25-49)50-26-41(7)17-42(8)27-50)34-56(51-28-43(9)18-44(10)29-51)52-30-45(11)19-46(12)31-52/h14-31H,32-34H2,1-13H3. The first-order valence-electron chi connectivity index (χ1n) is 20.2. The first-order valence-corrected chi connectivity index (χ1v) is 24.8. The summed E-state index contributed by atoms with van der Waals surface area (Å²) in [7, 11) is -2.01. The molecule has 0 spiro atoms. The largest absolute Gasteiger partial charge is 0.0586 e. The molecule has 3 heteroatoms. The van der Waals surface area contributed by atoms with Gasteiger partial charge in [-0.2, -0.15) is 0 Å². The molecule has 0 saturated carbocycles. The van der Waals surface area contributed by atoms with E-state index >= 15 is 0 Å². The Morgan fingerprint density at radius 1 is 0.250 bits per heavy atom. The molecule has 6 aromatic rings. The van der Waals surface area contributed by atoms with Gasteiger partial charge in [0.05, 0.1) is 0 Å². The van der Waals surface area contributed by atoms with Crippen molar-refractivity contribution in [2.45, 2.75) is 90.0 Å². The summed E-state index contributed by atoms with van der Waals surface area (Å²) in [4.78, 5) is 0. The van der Waals surface area contributed by atoms with Crippen LogP contribution in [0.15, 0.2) is 109 Å². The molecule has 6 rings (SSSR count). The van der Waals surface area contributed by atoms with Crippen molar-refractivity contribution in [2.24, 2.45) is 5.41 Å².